The first-order valence-electron chi connectivity index (χ1n) is 8.66. The Kier molecular flexibility index (Phi) is 5.14. The number of likely N-dealkylation sites (tertiary alicyclic amines) is 1. The van der Waals surface area contributed by atoms with Gasteiger partial charge in [-0.3, -0.25) is 4.79 Å². The molecule has 1 saturated heterocycles. The van der Waals surface area contributed by atoms with Gasteiger partial charge in [0.1, 0.15) is 0 Å². The summed E-state index contributed by atoms with van der Waals surface area (Å²) in [4.78, 5) is 26.5. The van der Waals surface area contributed by atoms with E-state index in [0.29, 0.717) is 23.1 Å². The first-order chi connectivity index (χ1) is 11.7. The minimum Gasteiger partial charge on any atom is -0.452 e. The van der Waals surface area contributed by atoms with Crippen LogP contribution in [0.1, 0.15) is 54.4 Å². The van der Waals surface area contributed by atoms with Gasteiger partial charge >= 0.3 is 5.97 Å². The summed E-state index contributed by atoms with van der Waals surface area (Å²) < 4.78 is 5.18. The van der Waals surface area contributed by atoms with Crippen molar-refractivity contribution in [2.45, 2.75) is 44.6 Å². The van der Waals surface area contributed by atoms with Gasteiger partial charge in [-0.05, 0) is 55.9 Å². The molecule has 5 nitrogen and oxygen atoms in total. The summed E-state index contributed by atoms with van der Waals surface area (Å²) in [5.41, 5.74) is 0.843. The minimum atomic E-state index is -0.523. The molecule has 0 aromatic heterocycles. The van der Waals surface area contributed by atoms with Gasteiger partial charge in [0.05, 0.1) is 17.2 Å². The largest absolute Gasteiger partial charge is 0.452 e. The second kappa shape index (κ2) is 7.48. The Morgan fingerprint density at radius 1 is 1.12 bits per heavy atom. The zero-order valence-electron chi connectivity index (χ0n) is 13.7. The van der Waals surface area contributed by atoms with E-state index in [4.69, 9.17) is 10.00 Å². The van der Waals surface area contributed by atoms with Crippen LogP contribution in [0, 0.1) is 17.2 Å². The van der Waals surface area contributed by atoms with Crippen molar-refractivity contribution in [1.82, 2.24) is 4.90 Å². The van der Waals surface area contributed by atoms with Gasteiger partial charge in [0.25, 0.3) is 5.91 Å². The summed E-state index contributed by atoms with van der Waals surface area (Å²) in [6.45, 7) is 0.566. The lowest BCUT2D eigenvalue weighted by Crippen LogP contribution is -2.50. The molecule has 1 heterocycles. The van der Waals surface area contributed by atoms with E-state index >= 15 is 0 Å². The van der Waals surface area contributed by atoms with Crippen LogP contribution in [0.5, 0.6) is 0 Å². The monoisotopic (exact) mass is 326 g/mol. The maximum absolute atomic E-state index is 12.5. The minimum absolute atomic E-state index is 0.0893. The molecule has 24 heavy (non-hydrogen) atoms. The van der Waals surface area contributed by atoms with Crippen LogP contribution in [0.4, 0.5) is 0 Å². The molecule has 1 aromatic carbocycles. The molecule has 2 aliphatic rings. The maximum atomic E-state index is 12.5. The number of rotatable bonds is 3. The third kappa shape index (κ3) is 3.59. The molecule has 1 aromatic rings. The Morgan fingerprint density at radius 2 is 1.83 bits per heavy atom. The standard InChI is InChI=1S/C19H22N2O3/c20-12-14-7-9-16(10-8-14)19(23)24-13-18(22)21-11-3-5-15-4-1-2-6-17(15)21/h7-10,15,17H,1-6,11,13H2/t15-,17-/m1/s1. The van der Waals surface area contributed by atoms with Gasteiger partial charge in [-0.25, -0.2) is 4.79 Å². The summed E-state index contributed by atoms with van der Waals surface area (Å²) >= 11 is 0. The fraction of sp³-hybridized carbons (Fsp3) is 0.526. The van der Waals surface area contributed by atoms with E-state index in [2.05, 4.69) is 0 Å². The number of esters is 1. The summed E-state index contributed by atoms with van der Waals surface area (Å²) in [6.07, 6.45) is 6.96. The second-order valence-corrected chi connectivity index (χ2v) is 6.61. The SMILES string of the molecule is N#Cc1ccc(C(=O)OCC(=O)N2CCC[C@H]3CCCC[C@H]32)cc1. The van der Waals surface area contributed by atoms with E-state index in [9.17, 15) is 9.59 Å². The Labute approximate surface area is 142 Å². The fourth-order valence-electron chi connectivity index (χ4n) is 3.91. The molecule has 5 heteroatoms. The first-order valence-corrected chi connectivity index (χ1v) is 8.66. The molecule has 0 unspecified atom stereocenters. The lowest BCUT2D eigenvalue weighted by molar-refractivity contribution is -0.140. The summed E-state index contributed by atoms with van der Waals surface area (Å²) in [7, 11) is 0. The molecular formula is C19H22N2O3. The Bertz CT molecular complexity index is 646. The number of carbonyl (C=O) groups excluding carboxylic acids is 2. The van der Waals surface area contributed by atoms with Crippen LogP contribution >= 0.6 is 0 Å². The highest BCUT2D eigenvalue weighted by molar-refractivity contribution is 5.91. The number of benzene rings is 1. The van der Waals surface area contributed by atoms with Gasteiger partial charge in [0.2, 0.25) is 0 Å². The number of carbonyl (C=O) groups is 2. The second-order valence-electron chi connectivity index (χ2n) is 6.61. The van der Waals surface area contributed by atoms with Gasteiger partial charge in [0.15, 0.2) is 6.61 Å². The number of ether oxygens (including phenoxy) is 1. The third-order valence-electron chi connectivity index (χ3n) is 5.14. The Morgan fingerprint density at radius 3 is 2.58 bits per heavy atom. The van der Waals surface area contributed by atoms with E-state index in [0.717, 1.165) is 19.4 Å². The molecule has 126 valence electrons. The number of nitriles is 1. The van der Waals surface area contributed by atoms with Crippen molar-refractivity contribution in [1.29, 1.82) is 5.26 Å². The zero-order chi connectivity index (χ0) is 16.9. The van der Waals surface area contributed by atoms with Crippen LogP contribution in [0.25, 0.3) is 0 Å². The van der Waals surface area contributed by atoms with E-state index in [1.807, 2.05) is 11.0 Å². The van der Waals surface area contributed by atoms with Crippen molar-refractivity contribution < 1.29 is 14.3 Å². The normalized spacial score (nSPS) is 23.0. The molecule has 3 rings (SSSR count). The third-order valence-corrected chi connectivity index (χ3v) is 5.14. The average Bonchev–Trinajstić information content (AvgIpc) is 2.65. The van der Waals surface area contributed by atoms with Crippen LogP contribution in [0.3, 0.4) is 0 Å². The molecule has 2 fully saturated rings. The maximum Gasteiger partial charge on any atom is 0.338 e. The van der Waals surface area contributed by atoms with E-state index in [1.54, 1.807) is 24.3 Å². The van der Waals surface area contributed by atoms with Crippen molar-refractivity contribution in [2.75, 3.05) is 13.2 Å². The van der Waals surface area contributed by atoms with Gasteiger partial charge in [0, 0.05) is 12.6 Å². The smallest absolute Gasteiger partial charge is 0.338 e. The van der Waals surface area contributed by atoms with Crippen LogP contribution in [-0.2, 0) is 9.53 Å². The van der Waals surface area contributed by atoms with E-state index < -0.39 is 5.97 Å². The fourth-order valence-corrected chi connectivity index (χ4v) is 3.91. The molecular weight excluding hydrogens is 304 g/mol. The number of piperidine rings is 1. The van der Waals surface area contributed by atoms with Gasteiger partial charge < -0.3 is 9.64 Å². The van der Waals surface area contributed by atoms with E-state index in [-0.39, 0.29) is 12.5 Å². The van der Waals surface area contributed by atoms with Gasteiger partial charge in [-0.2, -0.15) is 5.26 Å². The molecule has 1 saturated carbocycles. The summed E-state index contributed by atoms with van der Waals surface area (Å²) in [5.74, 6) is 0.00400. The quantitative estimate of drug-likeness (QED) is 0.801. The van der Waals surface area contributed by atoms with Crippen LogP contribution < -0.4 is 0 Å². The topological polar surface area (TPSA) is 70.4 Å². The van der Waals surface area contributed by atoms with E-state index in [1.165, 1.54) is 25.7 Å². The molecule has 0 spiro atoms. The lowest BCUT2D eigenvalue weighted by atomic mass is 9.78. The molecule has 0 bridgehead atoms. The van der Waals surface area contributed by atoms with Crippen molar-refractivity contribution >= 4 is 11.9 Å². The molecule has 1 amide bonds. The molecule has 0 N–H and O–H groups in total. The highest BCUT2D eigenvalue weighted by Crippen LogP contribution is 2.35. The summed E-state index contributed by atoms with van der Waals surface area (Å²) in [5, 5.41) is 8.77. The Balaban J connectivity index is 1.56. The van der Waals surface area contributed by atoms with Crippen molar-refractivity contribution in [2.24, 2.45) is 5.92 Å². The number of nitrogens with zero attached hydrogens (tertiary/aromatic N) is 2. The van der Waals surface area contributed by atoms with Gasteiger partial charge in [-0.15, -0.1) is 0 Å². The molecule has 0 radical (unpaired) electrons. The summed E-state index contributed by atoms with van der Waals surface area (Å²) in [6, 6.07) is 8.55. The molecule has 2 atom stereocenters. The zero-order valence-corrected chi connectivity index (χ0v) is 13.7. The first kappa shape index (κ1) is 16.5. The number of hydrogen-bond acceptors (Lipinski definition) is 4. The number of hydrogen-bond donors (Lipinski definition) is 0. The van der Waals surface area contributed by atoms with Crippen molar-refractivity contribution in [3.05, 3.63) is 35.4 Å². The van der Waals surface area contributed by atoms with Crippen molar-refractivity contribution in [3.8, 4) is 6.07 Å². The Hall–Kier alpha value is -2.35. The lowest BCUT2D eigenvalue weighted by Gasteiger charge is -2.44. The number of amides is 1. The average molecular weight is 326 g/mol. The number of fused-ring (bicyclic) bond motifs is 1. The highest BCUT2D eigenvalue weighted by Gasteiger charge is 2.35. The van der Waals surface area contributed by atoms with Crippen LogP contribution in [0.2, 0.25) is 0 Å². The highest BCUT2D eigenvalue weighted by atomic mass is 16.5. The van der Waals surface area contributed by atoms with Crippen LogP contribution in [-0.4, -0.2) is 36.0 Å². The predicted molar refractivity (Wildman–Crippen MR) is 88.1 cm³/mol. The molecule has 1 aliphatic heterocycles. The predicted octanol–water partition coefficient (Wildman–Crippen LogP) is 2.90. The molecule has 1 aliphatic carbocycles. The van der Waals surface area contributed by atoms with Crippen LogP contribution in [0.15, 0.2) is 24.3 Å². The van der Waals surface area contributed by atoms with Crippen molar-refractivity contribution in [3.63, 3.8) is 0 Å². The van der Waals surface area contributed by atoms with Gasteiger partial charge in [-0.1, -0.05) is 12.8 Å².